The van der Waals surface area contributed by atoms with Gasteiger partial charge in [0.1, 0.15) is 0 Å². The van der Waals surface area contributed by atoms with Gasteiger partial charge in [0, 0.05) is 6.54 Å². The molecule has 106 valence electrons. The van der Waals surface area contributed by atoms with Crippen LogP contribution in [-0.2, 0) is 4.84 Å². The number of carbonyl (C=O) groups is 2. The fraction of sp³-hybridized carbons (Fsp3) is 0.467. The number of imide groups is 1. The van der Waals surface area contributed by atoms with E-state index in [9.17, 15) is 9.59 Å². The summed E-state index contributed by atoms with van der Waals surface area (Å²) in [6, 6.07) is 6.82. The standard InChI is InChI=1S/C15H18N2O3/c18-14-12-6-2-3-7-13(12)15(19)17(14)20-11-10-16-8-4-1-5-9-16/h2-3,6-7H,1,4-5,8-11H2. The maximum absolute atomic E-state index is 12.1. The molecule has 1 aromatic carbocycles. The van der Waals surface area contributed by atoms with Gasteiger partial charge in [-0.2, -0.15) is 0 Å². The van der Waals surface area contributed by atoms with Crippen LogP contribution in [0.25, 0.3) is 0 Å². The first kappa shape index (κ1) is 13.3. The zero-order valence-electron chi connectivity index (χ0n) is 11.4. The van der Waals surface area contributed by atoms with Crippen molar-refractivity contribution in [2.24, 2.45) is 0 Å². The number of piperidine rings is 1. The molecule has 5 heteroatoms. The van der Waals surface area contributed by atoms with Crippen LogP contribution in [0, 0.1) is 0 Å². The van der Waals surface area contributed by atoms with Gasteiger partial charge in [-0.3, -0.25) is 14.4 Å². The molecule has 0 spiro atoms. The van der Waals surface area contributed by atoms with E-state index in [0.717, 1.165) is 24.7 Å². The Morgan fingerprint density at radius 2 is 1.55 bits per heavy atom. The van der Waals surface area contributed by atoms with E-state index in [0.29, 0.717) is 17.7 Å². The first-order chi connectivity index (χ1) is 9.77. The zero-order valence-corrected chi connectivity index (χ0v) is 11.4. The molecule has 2 aliphatic heterocycles. The number of nitrogens with zero attached hydrogens (tertiary/aromatic N) is 2. The zero-order chi connectivity index (χ0) is 13.9. The third kappa shape index (κ3) is 2.46. The van der Waals surface area contributed by atoms with Crippen LogP contribution in [0.4, 0.5) is 0 Å². The highest BCUT2D eigenvalue weighted by atomic mass is 16.7. The minimum absolute atomic E-state index is 0.357. The Bertz CT molecular complexity index is 489. The first-order valence-electron chi connectivity index (χ1n) is 7.10. The van der Waals surface area contributed by atoms with E-state index in [-0.39, 0.29) is 11.8 Å². The van der Waals surface area contributed by atoms with Crippen molar-refractivity contribution in [1.82, 2.24) is 9.96 Å². The Balaban J connectivity index is 1.56. The summed E-state index contributed by atoms with van der Waals surface area (Å²) >= 11 is 0. The smallest absolute Gasteiger partial charge is 0.285 e. The molecule has 0 saturated carbocycles. The molecule has 20 heavy (non-hydrogen) atoms. The lowest BCUT2D eigenvalue weighted by atomic mass is 10.1. The van der Waals surface area contributed by atoms with Crippen molar-refractivity contribution >= 4 is 11.8 Å². The summed E-state index contributed by atoms with van der Waals surface area (Å²) in [4.78, 5) is 31.8. The number of carbonyl (C=O) groups excluding carboxylic acids is 2. The Morgan fingerprint density at radius 3 is 2.15 bits per heavy atom. The number of benzene rings is 1. The predicted octanol–water partition coefficient (Wildman–Crippen LogP) is 1.70. The summed E-state index contributed by atoms with van der Waals surface area (Å²) in [6.45, 7) is 3.27. The lowest BCUT2D eigenvalue weighted by Gasteiger charge is -2.26. The molecule has 2 heterocycles. The van der Waals surface area contributed by atoms with Crippen LogP contribution >= 0.6 is 0 Å². The van der Waals surface area contributed by atoms with E-state index in [4.69, 9.17) is 4.84 Å². The van der Waals surface area contributed by atoms with Crippen molar-refractivity contribution in [3.63, 3.8) is 0 Å². The van der Waals surface area contributed by atoms with Crippen molar-refractivity contribution in [2.75, 3.05) is 26.2 Å². The fourth-order valence-corrected chi connectivity index (χ4v) is 2.73. The molecule has 0 bridgehead atoms. The number of hydrogen-bond donors (Lipinski definition) is 0. The highest BCUT2D eigenvalue weighted by Crippen LogP contribution is 2.22. The molecule has 1 fully saturated rings. The molecule has 0 unspecified atom stereocenters. The van der Waals surface area contributed by atoms with E-state index < -0.39 is 0 Å². The van der Waals surface area contributed by atoms with Gasteiger partial charge >= 0.3 is 0 Å². The maximum atomic E-state index is 12.1. The van der Waals surface area contributed by atoms with Gasteiger partial charge in [-0.1, -0.05) is 18.6 Å². The van der Waals surface area contributed by atoms with Crippen LogP contribution in [0.2, 0.25) is 0 Å². The van der Waals surface area contributed by atoms with Gasteiger partial charge in [-0.05, 0) is 38.1 Å². The van der Waals surface area contributed by atoms with E-state index in [1.54, 1.807) is 24.3 Å². The second kappa shape index (κ2) is 5.73. The van der Waals surface area contributed by atoms with Crippen LogP contribution in [0.3, 0.4) is 0 Å². The Labute approximate surface area is 118 Å². The Morgan fingerprint density at radius 1 is 0.950 bits per heavy atom. The molecule has 5 nitrogen and oxygen atoms in total. The van der Waals surface area contributed by atoms with Gasteiger partial charge < -0.3 is 4.90 Å². The molecule has 1 aromatic rings. The minimum atomic E-state index is -0.357. The molecule has 0 radical (unpaired) electrons. The number of rotatable bonds is 4. The fourth-order valence-electron chi connectivity index (χ4n) is 2.73. The highest BCUT2D eigenvalue weighted by Gasteiger charge is 2.36. The van der Waals surface area contributed by atoms with E-state index in [1.165, 1.54) is 19.3 Å². The molecule has 0 aromatic heterocycles. The summed E-state index contributed by atoms with van der Waals surface area (Å²) in [6.07, 6.45) is 3.72. The van der Waals surface area contributed by atoms with E-state index in [2.05, 4.69) is 4.90 Å². The normalized spacial score (nSPS) is 19.5. The maximum Gasteiger partial charge on any atom is 0.285 e. The minimum Gasteiger partial charge on any atom is -0.301 e. The predicted molar refractivity (Wildman–Crippen MR) is 73.2 cm³/mol. The van der Waals surface area contributed by atoms with Gasteiger partial charge in [0.15, 0.2) is 0 Å². The third-order valence-electron chi connectivity index (χ3n) is 3.83. The first-order valence-corrected chi connectivity index (χ1v) is 7.10. The van der Waals surface area contributed by atoms with Gasteiger partial charge in [0.05, 0.1) is 17.7 Å². The quantitative estimate of drug-likeness (QED) is 0.784. The van der Waals surface area contributed by atoms with E-state index in [1.807, 2.05) is 0 Å². The van der Waals surface area contributed by atoms with Crippen LogP contribution < -0.4 is 0 Å². The lowest BCUT2D eigenvalue weighted by Crippen LogP contribution is -2.36. The molecule has 0 atom stereocenters. The molecular weight excluding hydrogens is 256 g/mol. The highest BCUT2D eigenvalue weighted by molar-refractivity contribution is 6.20. The van der Waals surface area contributed by atoms with Crippen LogP contribution in [-0.4, -0.2) is 48.0 Å². The molecule has 3 rings (SSSR count). The van der Waals surface area contributed by atoms with Crippen LogP contribution in [0.5, 0.6) is 0 Å². The lowest BCUT2D eigenvalue weighted by molar-refractivity contribution is -0.0962. The van der Waals surface area contributed by atoms with Gasteiger partial charge in [0.2, 0.25) is 0 Å². The van der Waals surface area contributed by atoms with Crippen LogP contribution in [0.1, 0.15) is 40.0 Å². The number of likely N-dealkylation sites (tertiary alicyclic amines) is 1. The second-order valence-electron chi connectivity index (χ2n) is 5.19. The average Bonchev–Trinajstić information content (AvgIpc) is 2.74. The summed E-state index contributed by atoms with van der Waals surface area (Å²) in [7, 11) is 0. The monoisotopic (exact) mass is 274 g/mol. The molecule has 0 aliphatic carbocycles. The Kier molecular flexibility index (Phi) is 3.80. The summed E-state index contributed by atoms with van der Waals surface area (Å²) < 4.78 is 0. The van der Waals surface area contributed by atoms with Crippen LogP contribution in [0.15, 0.2) is 24.3 Å². The summed E-state index contributed by atoms with van der Waals surface area (Å²) in [5.74, 6) is -0.714. The molecule has 1 saturated heterocycles. The summed E-state index contributed by atoms with van der Waals surface area (Å²) in [5, 5.41) is 0.897. The van der Waals surface area contributed by atoms with Crippen molar-refractivity contribution < 1.29 is 14.4 Å². The molecular formula is C15H18N2O3. The summed E-state index contributed by atoms with van der Waals surface area (Å²) in [5.41, 5.74) is 0.853. The second-order valence-corrected chi connectivity index (χ2v) is 5.19. The van der Waals surface area contributed by atoms with Crippen molar-refractivity contribution in [3.05, 3.63) is 35.4 Å². The average molecular weight is 274 g/mol. The van der Waals surface area contributed by atoms with Gasteiger partial charge in [-0.25, -0.2) is 0 Å². The number of hydrogen-bond acceptors (Lipinski definition) is 4. The molecule has 2 aliphatic rings. The molecule has 2 amide bonds. The number of amides is 2. The topological polar surface area (TPSA) is 49.9 Å². The van der Waals surface area contributed by atoms with E-state index >= 15 is 0 Å². The van der Waals surface area contributed by atoms with Crippen molar-refractivity contribution in [3.8, 4) is 0 Å². The van der Waals surface area contributed by atoms with Gasteiger partial charge in [-0.15, -0.1) is 5.06 Å². The molecule has 0 N–H and O–H groups in total. The SMILES string of the molecule is O=C1c2ccccc2C(=O)N1OCCN1CCCCC1. The Hall–Kier alpha value is -1.72. The van der Waals surface area contributed by atoms with Crippen molar-refractivity contribution in [2.45, 2.75) is 19.3 Å². The number of fused-ring (bicyclic) bond motifs is 1. The number of hydroxylamine groups is 2. The third-order valence-corrected chi connectivity index (χ3v) is 3.83. The van der Waals surface area contributed by atoms with Gasteiger partial charge in [0.25, 0.3) is 11.8 Å². The largest absolute Gasteiger partial charge is 0.301 e. The van der Waals surface area contributed by atoms with Crippen molar-refractivity contribution in [1.29, 1.82) is 0 Å².